The van der Waals surface area contributed by atoms with E-state index in [9.17, 15) is 9.59 Å². The van der Waals surface area contributed by atoms with Gasteiger partial charge in [0.25, 0.3) is 5.91 Å². The van der Waals surface area contributed by atoms with Crippen molar-refractivity contribution in [2.24, 2.45) is 0 Å². The predicted molar refractivity (Wildman–Crippen MR) is 103 cm³/mol. The predicted octanol–water partition coefficient (Wildman–Crippen LogP) is 4.60. The third kappa shape index (κ3) is 4.28. The number of amides is 1. The van der Waals surface area contributed by atoms with E-state index in [1.54, 1.807) is 36.4 Å². The summed E-state index contributed by atoms with van der Waals surface area (Å²) in [5.74, 6) is 0.0249. The number of hydrogen-bond donors (Lipinski definition) is 1. The summed E-state index contributed by atoms with van der Waals surface area (Å²) in [6.07, 6.45) is 0.690. The minimum absolute atomic E-state index is 0.209. The van der Waals surface area contributed by atoms with Crippen LogP contribution in [0, 0.1) is 6.92 Å². The summed E-state index contributed by atoms with van der Waals surface area (Å²) >= 11 is 7.29. The molecule has 0 aliphatic carbocycles. The number of halogens is 1. The number of nitrogens with zero attached hydrogens (tertiary/aromatic N) is 1. The van der Waals surface area contributed by atoms with Gasteiger partial charge in [-0.2, -0.15) is 0 Å². The zero-order valence-corrected chi connectivity index (χ0v) is 15.4. The number of rotatable bonds is 6. The summed E-state index contributed by atoms with van der Waals surface area (Å²) in [7, 11) is 0. The monoisotopic (exact) mass is 386 g/mol. The maximum atomic E-state index is 12.1. The number of carbonyl (C=O) groups excluding carboxylic acids is 2. The fourth-order valence-electron chi connectivity index (χ4n) is 2.33. The van der Waals surface area contributed by atoms with E-state index >= 15 is 0 Å². The molecule has 0 saturated heterocycles. The van der Waals surface area contributed by atoms with Crippen LogP contribution in [0.2, 0.25) is 5.02 Å². The Kier molecular flexibility index (Phi) is 5.65. The topological polar surface area (TPSA) is 68.3 Å². The Balaban J connectivity index is 1.65. The lowest BCUT2D eigenvalue weighted by Crippen LogP contribution is -2.20. The number of benzene rings is 2. The van der Waals surface area contributed by atoms with Gasteiger partial charge in [-0.1, -0.05) is 35.9 Å². The first kappa shape index (κ1) is 18.1. The number of aldehydes is 1. The average Bonchev–Trinajstić information content (AvgIpc) is 3.01. The Bertz CT molecular complexity index is 938. The van der Waals surface area contributed by atoms with E-state index in [0.717, 1.165) is 16.1 Å². The van der Waals surface area contributed by atoms with Crippen molar-refractivity contribution in [3.8, 4) is 17.0 Å². The van der Waals surface area contributed by atoms with Crippen molar-refractivity contribution in [2.45, 2.75) is 6.92 Å². The number of anilines is 1. The first-order chi connectivity index (χ1) is 12.6. The van der Waals surface area contributed by atoms with Crippen LogP contribution >= 0.6 is 22.9 Å². The van der Waals surface area contributed by atoms with Crippen LogP contribution in [0.1, 0.15) is 15.2 Å². The fourth-order valence-corrected chi connectivity index (χ4v) is 3.31. The summed E-state index contributed by atoms with van der Waals surface area (Å²) in [6.45, 7) is 1.73. The van der Waals surface area contributed by atoms with Crippen LogP contribution in [-0.4, -0.2) is 23.8 Å². The van der Waals surface area contributed by atoms with Crippen molar-refractivity contribution in [1.29, 1.82) is 0 Å². The molecular weight excluding hydrogens is 372 g/mol. The highest BCUT2D eigenvalue weighted by Crippen LogP contribution is 2.31. The molecule has 1 heterocycles. The van der Waals surface area contributed by atoms with Gasteiger partial charge in [-0.15, -0.1) is 11.3 Å². The molecular formula is C19H15ClN2O3S. The van der Waals surface area contributed by atoms with Crippen LogP contribution in [0.15, 0.2) is 48.5 Å². The molecule has 1 N–H and O–H groups in total. The van der Waals surface area contributed by atoms with Gasteiger partial charge in [0.15, 0.2) is 18.0 Å². The molecule has 2 aromatic carbocycles. The second-order valence-electron chi connectivity index (χ2n) is 5.42. The van der Waals surface area contributed by atoms with E-state index in [4.69, 9.17) is 16.3 Å². The molecule has 0 radical (unpaired) electrons. The first-order valence-electron chi connectivity index (χ1n) is 7.77. The maximum Gasteiger partial charge on any atom is 0.264 e. The van der Waals surface area contributed by atoms with E-state index in [0.29, 0.717) is 27.8 Å². The lowest BCUT2D eigenvalue weighted by Gasteiger charge is -2.07. The van der Waals surface area contributed by atoms with Gasteiger partial charge in [0.2, 0.25) is 0 Å². The zero-order valence-electron chi connectivity index (χ0n) is 13.9. The summed E-state index contributed by atoms with van der Waals surface area (Å²) in [5, 5.41) is 3.87. The molecule has 3 rings (SSSR count). The molecule has 0 atom stereocenters. The zero-order chi connectivity index (χ0) is 18.5. The van der Waals surface area contributed by atoms with Crippen LogP contribution in [0.5, 0.6) is 5.75 Å². The molecule has 7 heteroatoms. The molecule has 0 fully saturated rings. The van der Waals surface area contributed by atoms with Crippen molar-refractivity contribution < 1.29 is 14.3 Å². The van der Waals surface area contributed by atoms with Crippen molar-refractivity contribution in [2.75, 3.05) is 11.9 Å². The van der Waals surface area contributed by atoms with Crippen LogP contribution in [0.25, 0.3) is 11.3 Å². The van der Waals surface area contributed by atoms with Gasteiger partial charge >= 0.3 is 0 Å². The Morgan fingerprint density at radius 2 is 1.96 bits per heavy atom. The van der Waals surface area contributed by atoms with Gasteiger partial charge in [0.1, 0.15) is 5.75 Å². The van der Waals surface area contributed by atoms with E-state index in [1.807, 2.05) is 19.1 Å². The fraction of sp³-hybridized carbons (Fsp3) is 0.105. The molecule has 3 aromatic rings. The third-order valence-electron chi connectivity index (χ3n) is 3.57. The number of ether oxygens (including phenoxy) is 1. The van der Waals surface area contributed by atoms with Crippen molar-refractivity contribution in [1.82, 2.24) is 4.98 Å². The highest BCUT2D eigenvalue weighted by atomic mass is 35.5. The standard InChI is InChI=1S/C19H15ClN2O3S/c1-12-18(13-6-8-15(20)9-7-13)22-19(26-12)21-17(24)11-25-16-5-3-2-4-14(16)10-23/h2-10H,11H2,1H3,(H,21,22,24). The number of hydrogen-bond acceptors (Lipinski definition) is 5. The second kappa shape index (κ2) is 8.12. The smallest absolute Gasteiger partial charge is 0.264 e. The maximum absolute atomic E-state index is 12.1. The van der Waals surface area contributed by atoms with Gasteiger partial charge in [0, 0.05) is 15.5 Å². The van der Waals surface area contributed by atoms with Gasteiger partial charge in [0.05, 0.1) is 11.3 Å². The molecule has 0 bridgehead atoms. The Labute approximate surface area is 159 Å². The van der Waals surface area contributed by atoms with Crippen LogP contribution in [0.4, 0.5) is 5.13 Å². The molecule has 0 unspecified atom stereocenters. The molecule has 0 aliphatic rings. The summed E-state index contributed by atoms with van der Waals surface area (Å²) in [6, 6.07) is 14.1. The van der Waals surface area contributed by atoms with E-state index in [1.165, 1.54) is 11.3 Å². The molecule has 0 aliphatic heterocycles. The first-order valence-corrected chi connectivity index (χ1v) is 8.96. The molecule has 1 aromatic heterocycles. The van der Waals surface area contributed by atoms with Crippen LogP contribution in [0.3, 0.4) is 0 Å². The minimum atomic E-state index is -0.345. The van der Waals surface area contributed by atoms with E-state index < -0.39 is 0 Å². The van der Waals surface area contributed by atoms with Crippen molar-refractivity contribution >= 4 is 40.3 Å². The quantitative estimate of drug-likeness (QED) is 0.628. The lowest BCUT2D eigenvalue weighted by atomic mass is 10.1. The number of aromatic nitrogens is 1. The third-order valence-corrected chi connectivity index (χ3v) is 4.70. The molecule has 1 amide bonds. The number of thiazole rings is 1. The summed E-state index contributed by atoms with van der Waals surface area (Å²) in [5.41, 5.74) is 2.13. The minimum Gasteiger partial charge on any atom is -0.483 e. The molecule has 132 valence electrons. The molecule has 0 spiro atoms. The van der Waals surface area contributed by atoms with Crippen LogP contribution in [-0.2, 0) is 4.79 Å². The van der Waals surface area contributed by atoms with Crippen LogP contribution < -0.4 is 10.1 Å². The summed E-state index contributed by atoms with van der Waals surface area (Å²) < 4.78 is 5.42. The molecule has 26 heavy (non-hydrogen) atoms. The van der Waals surface area contributed by atoms with E-state index in [2.05, 4.69) is 10.3 Å². The summed E-state index contributed by atoms with van der Waals surface area (Å²) in [4.78, 5) is 28.5. The second-order valence-corrected chi connectivity index (χ2v) is 7.06. The van der Waals surface area contributed by atoms with E-state index in [-0.39, 0.29) is 12.5 Å². The number of nitrogens with one attached hydrogen (secondary N) is 1. The van der Waals surface area contributed by atoms with Gasteiger partial charge in [-0.05, 0) is 31.2 Å². The lowest BCUT2D eigenvalue weighted by molar-refractivity contribution is -0.118. The number of carbonyl (C=O) groups is 2. The normalized spacial score (nSPS) is 10.4. The molecule has 0 saturated carbocycles. The Morgan fingerprint density at radius 1 is 1.23 bits per heavy atom. The van der Waals surface area contributed by atoms with Gasteiger partial charge in [-0.25, -0.2) is 4.98 Å². The van der Waals surface area contributed by atoms with Gasteiger partial charge < -0.3 is 4.74 Å². The SMILES string of the molecule is Cc1sc(NC(=O)COc2ccccc2C=O)nc1-c1ccc(Cl)cc1. The van der Waals surface area contributed by atoms with Crippen molar-refractivity contribution in [3.63, 3.8) is 0 Å². The highest BCUT2D eigenvalue weighted by Gasteiger charge is 2.13. The number of para-hydroxylation sites is 1. The number of aryl methyl sites for hydroxylation is 1. The molecule has 5 nitrogen and oxygen atoms in total. The largest absolute Gasteiger partial charge is 0.483 e. The Morgan fingerprint density at radius 3 is 2.69 bits per heavy atom. The average molecular weight is 387 g/mol. The van der Waals surface area contributed by atoms with Crippen molar-refractivity contribution in [3.05, 3.63) is 64.0 Å². The van der Waals surface area contributed by atoms with Gasteiger partial charge in [-0.3, -0.25) is 14.9 Å². The highest BCUT2D eigenvalue weighted by molar-refractivity contribution is 7.16. The Hall–Kier alpha value is -2.70.